The highest BCUT2D eigenvalue weighted by molar-refractivity contribution is 5.89. The van der Waals surface area contributed by atoms with Gasteiger partial charge in [0.1, 0.15) is 11.5 Å². The Morgan fingerprint density at radius 3 is 2.13 bits per heavy atom. The van der Waals surface area contributed by atoms with E-state index in [4.69, 9.17) is 14.6 Å². The van der Waals surface area contributed by atoms with Crippen molar-refractivity contribution in [1.82, 2.24) is 0 Å². The normalized spacial score (nSPS) is 11.8. The summed E-state index contributed by atoms with van der Waals surface area (Å²) in [6, 6.07) is 14.7. The molecule has 0 radical (unpaired) electrons. The van der Waals surface area contributed by atoms with Crippen molar-refractivity contribution >= 4 is 5.97 Å². The van der Waals surface area contributed by atoms with Crippen molar-refractivity contribution < 1.29 is 19.4 Å². The number of hydrogen-bond acceptors (Lipinski definition) is 4. The molecule has 1 N–H and O–H groups in total. The van der Waals surface area contributed by atoms with Crippen LogP contribution in [0.2, 0.25) is 0 Å². The number of carbonyl (C=O) groups is 1. The van der Waals surface area contributed by atoms with Gasteiger partial charge in [-0.25, -0.2) is 4.79 Å². The molecule has 0 heterocycles. The van der Waals surface area contributed by atoms with Gasteiger partial charge in [0.15, 0.2) is 0 Å². The number of ether oxygens (including phenoxy) is 2. The standard InChI is InChI=1S/C19H22O4/c1-3-22-19(21)16-6-10-18(11-7-16)23-17-8-4-15(5-9-17)12-14(2)13-20/h4-11,14,20H,3,12-13H2,1-2H3/t14-/m0/s1. The molecule has 122 valence electrons. The highest BCUT2D eigenvalue weighted by Crippen LogP contribution is 2.23. The molecule has 23 heavy (non-hydrogen) atoms. The average molecular weight is 314 g/mol. The molecular weight excluding hydrogens is 292 g/mol. The maximum absolute atomic E-state index is 11.6. The van der Waals surface area contributed by atoms with E-state index in [-0.39, 0.29) is 18.5 Å². The van der Waals surface area contributed by atoms with Crippen molar-refractivity contribution in [3.05, 3.63) is 59.7 Å². The molecule has 0 bridgehead atoms. The van der Waals surface area contributed by atoms with Gasteiger partial charge in [0, 0.05) is 6.61 Å². The van der Waals surface area contributed by atoms with Gasteiger partial charge in [-0.1, -0.05) is 19.1 Å². The highest BCUT2D eigenvalue weighted by atomic mass is 16.5. The molecule has 0 amide bonds. The maximum Gasteiger partial charge on any atom is 0.338 e. The van der Waals surface area contributed by atoms with Crippen LogP contribution in [-0.2, 0) is 11.2 Å². The van der Waals surface area contributed by atoms with E-state index < -0.39 is 0 Å². The first kappa shape index (κ1) is 17.0. The van der Waals surface area contributed by atoms with Gasteiger partial charge in [0.2, 0.25) is 0 Å². The molecule has 0 fully saturated rings. The summed E-state index contributed by atoms with van der Waals surface area (Å²) in [5.74, 6) is 1.31. The molecular formula is C19H22O4. The summed E-state index contributed by atoms with van der Waals surface area (Å²) in [4.78, 5) is 11.6. The van der Waals surface area contributed by atoms with Crippen molar-refractivity contribution in [3.63, 3.8) is 0 Å². The summed E-state index contributed by atoms with van der Waals surface area (Å²) in [6.07, 6.45) is 0.838. The lowest BCUT2D eigenvalue weighted by Gasteiger charge is -2.10. The van der Waals surface area contributed by atoms with Crippen LogP contribution in [0.15, 0.2) is 48.5 Å². The number of aliphatic hydroxyl groups is 1. The SMILES string of the molecule is CCOC(=O)c1ccc(Oc2ccc(C[C@H](C)CO)cc2)cc1. The molecule has 0 spiro atoms. The maximum atomic E-state index is 11.6. The van der Waals surface area contributed by atoms with E-state index in [2.05, 4.69) is 0 Å². The second-order valence-electron chi connectivity index (χ2n) is 5.48. The van der Waals surface area contributed by atoms with Crippen molar-refractivity contribution in [2.24, 2.45) is 5.92 Å². The summed E-state index contributed by atoms with van der Waals surface area (Å²) >= 11 is 0. The minimum atomic E-state index is -0.332. The van der Waals surface area contributed by atoms with Gasteiger partial charge in [-0.3, -0.25) is 0 Å². The number of carbonyl (C=O) groups excluding carboxylic acids is 1. The van der Waals surface area contributed by atoms with Crippen LogP contribution in [0.1, 0.15) is 29.8 Å². The molecule has 0 aliphatic rings. The molecule has 0 saturated heterocycles. The van der Waals surface area contributed by atoms with Gasteiger partial charge in [-0.05, 0) is 61.2 Å². The Labute approximate surface area is 136 Å². The first-order chi connectivity index (χ1) is 11.1. The van der Waals surface area contributed by atoms with Crippen LogP contribution < -0.4 is 4.74 Å². The molecule has 4 heteroatoms. The van der Waals surface area contributed by atoms with Crippen molar-refractivity contribution in [2.75, 3.05) is 13.2 Å². The fourth-order valence-corrected chi connectivity index (χ4v) is 2.17. The Balaban J connectivity index is 1.97. The molecule has 2 rings (SSSR count). The fourth-order valence-electron chi connectivity index (χ4n) is 2.17. The summed E-state index contributed by atoms with van der Waals surface area (Å²) in [5, 5.41) is 9.08. The van der Waals surface area contributed by atoms with Crippen LogP contribution in [0.3, 0.4) is 0 Å². The quantitative estimate of drug-likeness (QED) is 0.789. The molecule has 0 aliphatic heterocycles. The second kappa shape index (κ2) is 8.34. The molecule has 4 nitrogen and oxygen atoms in total. The summed E-state index contributed by atoms with van der Waals surface area (Å²) < 4.78 is 10.7. The molecule has 0 unspecified atom stereocenters. The van der Waals surface area contributed by atoms with Crippen LogP contribution in [0, 0.1) is 5.92 Å². The van der Waals surface area contributed by atoms with Crippen LogP contribution in [-0.4, -0.2) is 24.3 Å². The smallest absolute Gasteiger partial charge is 0.338 e. The first-order valence-electron chi connectivity index (χ1n) is 7.77. The predicted octanol–water partition coefficient (Wildman–Crippen LogP) is 3.83. The minimum absolute atomic E-state index is 0.186. The number of esters is 1. The van der Waals surface area contributed by atoms with Crippen LogP contribution in [0.25, 0.3) is 0 Å². The lowest BCUT2D eigenvalue weighted by atomic mass is 10.0. The van der Waals surface area contributed by atoms with Gasteiger partial charge >= 0.3 is 5.97 Å². The zero-order chi connectivity index (χ0) is 16.7. The fraction of sp³-hybridized carbons (Fsp3) is 0.316. The third-order valence-electron chi connectivity index (χ3n) is 3.42. The van der Waals surface area contributed by atoms with E-state index >= 15 is 0 Å². The van der Waals surface area contributed by atoms with Crippen LogP contribution in [0.5, 0.6) is 11.5 Å². The molecule has 0 aliphatic carbocycles. The largest absolute Gasteiger partial charge is 0.462 e. The zero-order valence-electron chi connectivity index (χ0n) is 13.5. The zero-order valence-corrected chi connectivity index (χ0v) is 13.5. The van der Waals surface area contributed by atoms with Gasteiger partial charge in [-0.15, -0.1) is 0 Å². The third-order valence-corrected chi connectivity index (χ3v) is 3.42. The van der Waals surface area contributed by atoms with E-state index in [1.165, 1.54) is 0 Å². The number of rotatable bonds is 7. The molecule has 2 aromatic carbocycles. The first-order valence-corrected chi connectivity index (χ1v) is 7.77. The second-order valence-corrected chi connectivity index (χ2v) is 5.48. The highest BCUT2D eigenvalue weighted by Gasteiger charge is 2.07. The Kier molecular flexibility index (Phi) is 6.18. The van der Waals surface area contributed by atoms with Crippen LogP contribution >= 0.6 is 0 Å². The molecule has 2 aromatic rings. The topological polar surface area (TPSA) is 55.8 Å². The lowest BCUT2D eigenvalue weighted by molar-refractivity contribution is 0.0526. The van der Waals surface area contributed by atoms with E-state index in [0.717, 1.165) is 17.7 Å². The van der Waals surface area contributed by atoms with E-state index in [9.17, 15) is 4.79 Å². The van der Waals surface area contributed by atoms with E-state index in [0.29, 0.717) is 17.9 Å². The van der Waals surface area contributed by atoms with E-state index in [1.807, 2.05) is 31.2 Å². The Hall–Kier alpha value is -2.33. The third kappa shape index (κ3) is 5.11. The molecule has 1 atom stereocenters. The lowest BCUT2D eigenvalue weighted by Crippen LogP contribution is -2.04. The minimum Gasteiger partial charge on any atom is -0.462 e. The summed E-state index contributed by atoms with van der Waals surface area (Å²) in [6.45, 7) is 4.33. The Bertz CT molecular complexity index is 617. The summed E-state index contributed by atoms with van der Waals surface area (Å²) in [5.41, 5.74) is 1.67. The number of aliphatic hydroxyl groups excluding tert-OH is 1. The monoisotopic (exact) mass is 314 g/mol. The average Bonchev–Trinajstić information content (AvgIpc) is 2.57. The van der Waals surface area contributed by atoms with Crippen molar-refractivity contribution in [1.29, 1.82) is 0 Å². The van der Waals surface area contributed by atoms with Crippen molar-refractivity contribution in [2.45, 2.75) is 20.3 Å². The van der Waals surface area contributed by atoms with Crippen molar-refractivity contribution in [3.8, 4) is 11.5 Å². The molecule has 0 aromatic heterocycles. The molecule has 0 saturated carbocycles. The summed E-state index contributed by atoms with van der Waals surface area (Å²) in [7, 11) is 0. The van der Waals surface area contributed by atoms with Gasteiger partial charge in [0.25, 0.3) is 0 Å². The predicted molar refractivity (Wildman–Crippen MR) is 88.9 cm³/mol. The van der Waals surface area contributed by atoms with E-state index in [1.54, 1.807) is 31.2 Å². The van der Waals surface area contributed by atoms with Gasteiger partial charge < -0.3 is 14.6 Å². The Morgan fingerprint density at radius 1 is 1.04 bits per heavy atom. The van der Waals surface area contributed by atoms with Gasteiger partial charge in [-0.2, -0.15) is 0 Å². The number of benzene rings is 2. The number of hydrogen-bond donors (Lipinski definition) is 1. The Morgan fingerprint density at radius 2 is 1.61 bits per heavy atom. The van der Waals surface area contributed by atoms with Gasteiger partial charge in [0.05, 0.1) is 12.2 Å². The van der Waals surface area contributed by atoms with Crippen LogP contribution in [0.4, 0.5) is 0 Å².